The van der Waals surface area contributed by atoms with Gasteiger partial charge in [-0.25, -0.2) is 4.98 Å². The highest BCUT2D eigenvalue weighted by molar-refractivity contribution is 7.17. The fraction of sp³-hybridized carbons (Fsp3) is 0.500. The molecule has 2 aromatic heterocycles. The van der Waals surface area contributed by atoms with Crippen LogP contribution >= 0.6 is 11.3 Å². The summed E-state index contributed by atoms with van der Waals surface area (Å²) < 4.78 is 1.71. The molecule has 112 valence electrons. The lowest BCUT2D eigenvalue weighted by molar-refractivity contribution is -0.0300. The van der Waals surface area contributed by atoms with Gasteiger partial charge in [-0.2, -0.15) is 5.10 Å². The standard InChI is InChI=1S/C14H18N4O2S/c1-9-11(12(19)15-8-14(20)4-3-5-14)21-13(17-9)10-6-16-18(2)7-10/h6-7,20H,3-5,8H2,1-2H3,(H,15,19). The first-order chi connectivity index (χ1) is 9.97. The molecule has 7 heteroatoms. The van der Waals surface area contributed by atoms with Crippen LogP contribution in [0.25, 0.3) is 10.6 Å². The number of aliphatic hydroxyl groups is 1. The topological polar surface area (TPSA) is 80.0 Å². The summed E-state index contributed by atoms with van der Waals surface area (Å²) in [5, 5.41) is 17.7. The average Bonchev–Trinajstić information content (AvgIpc) is 3.00. The Morgan fingerprint density at radius 1 is 1.57 bits per heavy atom. The Balaban J connectivity index is 1.73. The zero-order valence-corrected chi connectivity index (χ0v) is 12.9. The van der Waals surface area contributed by atoms with Gasteiger partial charge in [0, 0.05) is 25.4 Å². The van der Waals surface area contributed by atoms with E-state index in [1.165, 1.54) is 11.3 Å². The maximum Gasteiger partial charge on any atom is 0.263 e. The second-order valence-corrected chi connectivity index (χ2v) is 6.60. The van der Waals surface area contributed by atoms with Crippen LogP contribution < -0.4 is 5.32 Å². The van der Waals surface area contributed by atoms with E-state index in [0.717, 1.165) is 29.8 Å². The zero-order chi connectivity index (χ0) is 15.0. The summed E-state index contributed by atoms with van der Waals surface area (Å²) in [6.45, 7) is 2.13. The monoisotopic (exact) mass is 306 g/mol. The Kier molecular flexibility index (Phi) is 3.54. The Morgan fingerprint density at radius 2 is 2.33 bits per heavy atom. The fourth-order valence-corrected chi connectivity index (χ4v) is 3.31. The van der Waals surface area contributed by atoms with E-state index in [4.69, 9.17) is 0 Å². The molecule has 1 aliphatic rings. The van der Waals surface area contributed by atoms with Crippen molar-refractivity contribution in [3.8, 4) is 10.6 Å². The highest BCUT2D eigenvalue weighted by Crippen LogP contribution is 2.31. The first-order valence-electron chi connectivity index (χ1n) is 6.94. The number of carbonyl (C=O) groups is 1. The van der Waals surface area contributed by atoms with Gasteiger partial charge in [-0.15, -0.1) is 11.3 Å². The normalized spacial score (nSPS) is 16.5. The van der Waals surface area contributed by atoms with E-state index in [0.29, 0.717) is 17.1 Å². The number of aryl methyl sites for hydroxylation is 2. The predicted molar refractivity (Wildman–Crippen MR) is 80.2 cm³/mol. The van der Waals surface area contributed by atoms with Crippen molar-refractivity contribution in [2.75, 3.05) is 6.54 Å². The van der Waals surface area contributed by atoms with Crippen LogP contribution in [-0.4, -0.2) is 37.9 Å². The minimum Gasteiger partial charge on any atom is -0.388 e. The van der Waals surface area contributed by atoms with Gasteiger partial charge in [0.25, 0.3) is 5.91 Å². The van der Waals surface area contributed by atoms with Crippen LogP contribution in [0.3, 0.4) is 0 Å². The summed E-state index contributed by atoms with van der Waals surface area (Å²) in [4.78, 5) is 17.3. The molecular formula is C14H18N4O2S. The summed E-state index contributed by atoms with van der Waals surface area (Å²) in [5.41, 5.74) is 0.902. The molecule has 0 unspecified atom stereocenters. The molecule has 3 rings (SSSR count). The number of nitrogens with one attached hydrogen (secondary N) is 1. The molecule has 1 saturated carbocycles. The minimum atomic E-state index is -0.708. The van der Waals surface area contributed by atoms with Crippen molar-refractivity contribution in [3.05, 3.63) is 23.0 Å². The maximum atomic E-state index is 12.2. The molecule has 1 aliphatic carbocycles. The SMILES string of the molecule is Cc1nc(-c2cnn(C)c2)sc1C(=O)NCC1(O)CCC1. The number of aromatic nitrogens is 3. The van der Waals surface area contributed by atoms with Gasteiger partial charge >= 0.3 is 0 Å². The molecular weight excluding hydrogens is 288 g/mol. The van der Waals surface area contributed by atoms with Gasteiger partial charge in [0.2, 0.25) is 0 Å². The highest BCUT2D eigenvalue weighted by Gasteiger charge is 2.34. The van der Waals surface area contributed by atoms with Crippen LogP contribution in [0.2, 0.25) is 0 Å². The van der Waals surface area contributed by atoms with Crippen molar-refractivity contribution in [2.24, 2.45) is 7.05 Å². The summed E-state index contributed by atoms with van der Waals surface area (Å²) in [6.07, 6.45) is 6.15. The van der Waals surface area contributed by atoms with Gasteiger partial charge in [-0.05, 0) is 26.2 Å². The molecule has 2 aromatic rings. The number of hydrogen-bond acceptors (Lipinski definition) is 5. The second-order valence-electron chi connectivity index (χ2n) is 5.60. The molecule has 0 spiro atoms. The molecule has 0 radical (unpaired) electrons. The lowest BCUT2D eigenvalue weighted by atomic mass is 9.80. The van der Waals surface area contributed by atoms with E-state index in [-0.39, 0.29) is 5.91 Å². The molecule has 0 atom stereocenters. The minimum absolute atomic E-state index is 0.166. The lowest BCUT2D eigenvalue weighted by Gasteiger charge is -2.36. The van der Waals surface area contributed by atoms with E-state index >= 15 is 0 Å². The van der Waals surface area contributed by atoms with Crippen LogP contribution in [0, 0.1) is 6.92 Å². The van der Waals surface area contributed by atoms with Crippen LogP contribution in [0.5, 0.6) is 0 Å². The summed E-state index contributed by atoms with van der Waals surface area (Å²) >= 11 is 1.35. The van der Waals surface area contributed by atoms with Crippen LogP contribution in [-0.2, 0) is 7.05 Å². The Bertz CT molecular complexity index is 672. The molecule has 1 fully saturated rings. The number of rotatable bonds is 4. The Morgan fingerprint density at radius 3 is 2.90 bits per heavy atom. The van der Waals surface area contributed by atoms with Crippen molar-refractivity contribution >= 4 is 17.2 Å². The second kappa shape index (κ2) is 5.23. The van der Waals surface area contributed by atoms with Gasteiger partial charge in [0.1, 0.15) is 9.88 Å². The number of amides is 1. The molecule has 2 heterocycles. The molecule has 2 N–H and O–H groups in total. The molecule has 0 bridgehead atoms. The Labute approximate surface area is 126 Å². The molecule has 0 saturated heterocycles. The van der Waals surface area contributed by atoms with E-state index in [2.05, 4.69) is 15.4 Å². The number of hydrogen-bond donors (Lipinski definition) is 2. The van der Waals surface area contributed by atoms with E-state index in [1.807, 2.05) is 20.2 Å². The van der Waals surface area contributed by atoms with Crippen LogP contribution in [0.1, 0.15) is 34.6 Å². The largest absolute Gasteiger partial charge is 0.388 e. The van der Waals surface area contributed by atoms with Gasteiger partial charge in [0.15, 0.2) is 0 Å². The van der Waals surface area contributed by atoms with E-state index in [9.17, 15) is 9.90 Å². The average molecular weight is 306 g/mol. The van der Waals surface area contributed by atoms with Gasteiger partial charge in [0.05, 0.1) is 17.5 Å². The third-order valence-electron chi connectivity index (χ3n) is 3.82. The van der Waals surface area contributed by atoms with Crippen LogP contribution in [0.4, 0.5) is 0 Å². The van der Waals surface area contributed by atoms with Gasteiger partial charge in [-0.3, -0.25) is 9.48 Å². The third kappa shape index (κ3) is 2.84. The smallest absolute Gasteiger partial charge is 0.263 e. The number of carbonyl (C=O) groups excluding carboxylic acids is 1. The quantitative estimate of drug-likeness (QED) is 0.897. The van der Waals surface area contributed by atoms with E-state index in [1.54, 1.807) is 10.9 Å². The predicted octanol–water partition coefficient (Wildman–Crippen LogP) is 1.50. The number of nitrogens with zero attached hydrogens (tertiary/aromatic N) is 3. The van der Waals surface area contributed by atoms with Crippen molar-refractivity contribution < 1.29 is 9.90 Å². The van der Waals surface area contributed by atoms with Gasteiger partial charge < -0.3 is 10.4 Å². The van der Waals surface area contributed by atoms with Crippen molar-refractivity contribution in [2.45, 2.75) is 31.8 Å². The van der Waals surface area contributed by atoms with E-state index < -0.39 is 5.60 Å². The zero-order valence-electron chi connectivity index (χ0n) is 12.1. The molecule has 0 aliphatic heterocycles. The summed E-state index contributed by atoms with van der Waals surface area (Å²) in [5.74, 6) is -0.166. The Hall–Kier alpha value is -1.73. The molecule has 6 nitrogen and oxygen atoms in total. The fourth-order valence-electron chi connectivity index (χ4n) is 2.35. The summed E-state index contributed by atoms with van der Waals surface area (Å²) in [6, 6.07) is 0. The third-order valence-corrected chi connectivity index (χ3v) is 5.02. The molecule has 21 heavy (non-hydrogen) atoms. The van der Waals surface area contributed by atoms with Crippen molar-refractivity contribution in [1.29, 1.82) is 0 Å². The van der Waals surface area contributed by atoms with Gasteiger partial charge in [-0.1, -0.05) is 0 Å². The molecule has 0 aromatic carbocycles. The first-order valence-corrected chi connectivity index (χ1v) is 7.75. The van der Waals surface area contributed by atoms with Crippen molar-refractivity contribution in [1.82, 2.24) is 20.1 Å². The first kappa shape index (κ1) is 14.2. The lowest BCUT2D eigenvalue weighted by Crippen LogP contribution is -2.47. The maximum absolute atomic E-state index is 12.2. The molecule has 1 amide bonds. The van der Waals surface area contributed by atoms with Crippen LogP contribution in [0.15, 0.2) is 12.4 Å². The number of thiazole rings is 1. The summed E-state index contributed by atoms with van der Waals surface area (Å²) in [7, 11) is 1.84. The highest BCUT2D eigenvalue weighted by atomic mass is 32.1. The van der Waals surface area contributed by atoms with Crippen molar-refractivity contribution in [3.63, 3.8) is 0 Å².